The van der Waals surface area contributed by atoms with Gasteiger partial charge in [-0.1, -0.05) is 129 Å². The number of fused-ring (bicyclic) bond motifs is 10. The van der Waals surface area contributed by atoms with Crippen molar-refractivity contribution in [1.82, 2.24) is 19.5 Å². The summed E-state index contributed by atoms with van der Waals surface area (Å²) in [7, 11) is 0. The van der Waals surface area contributed by atoms with Crippen molar-refractivity contribution >= 4 is 43.7 Å². The van der Waals surface area contributed by atoms with Gasteiger partial charge < -0.3 is 8.98 Å². The van der Waals surface area contributed by atoms with Gasteiger partial charge in [0.25, 0.3) is 0 Å². The van der Waals surface area contributed by atoms with Crippen LogP contribution < -0.4 is 0 Å². The maximum Gasteiger partial charge on any atom is 0.164 e. The number of rotatable bonds is 4. The molecule has 0 fully saturated rings. The lowest BCUT2D eigenvalue weighted by Crippen LogP contribution is -2.14. The highest BCUT2D eigenvalue weighted by molar-refractivity contribution is 6.18. The Balaban J connectivity index is 1.11. The summed E-state index contributed by atoms with van der Waals surface area (Å²) in [6, 6.07) is 55.3. The van der Waals surface area contributed by atoms with Gasteiger partial charge in [0, 0.05) is 49.3 Å². The van der Waals surface area contributed by atoms with E-state index in [2.05, 4.69) is 122 Å². The highest BCUT2D eigenvalue weighted by Crippen LogP contribution is 2.53. The molecule has 1 aliphatic carbocycles. The predicted molar refractivity (Wildman–Crippen MR) is 215 cm³/mol. The van der Waals surface area contributed by atoms with Gasteiger partial charge in [-0.2, -0.15) is 0 Å². The van der Waals surface area contributed by atoms with Crippen LogP contribution in [0.1, 0.15) is 25.0 Å². The highest BCUT2D eigenvalue weighted by atomic mass is 16.3. The number of hydrogen-bond donors (Lipinski definition) is 0. The van der Waals surface area contributed by atoms with E-state index < -0.39 is 0 Å². The molecular formula is C48H32N4O. The summed E-state index contributed by atoms with van der Waals surface area (Å²) in [4.78, 5) is 15.2. The van der Waals surface area contributed by atoms with Gasteiger partial charge >= 0.3 is 0 Å². The summed E-state index contributed by atoms with van der Waals surface area (Å²) < 4.78 is 8.64. The predicted octanol–water partition coefficient (Wildman–Crippen LogP) is 12.2. The fourth-order valence-electron chi connectivity index (χ4n) is 8.53. The zero-order valence-corrected chi connectivity index (χ0v) is 29.2. The van der Waals surface area contributed by atoms with Gasteiger partial charge in [-0.3, -0.25) is 0 Å². The van der Waals surface area contributed by atoms with Crippen LogP contribution in [0.25, 0.3) is 94.7 Å². The number of benzene rings is 7. The quantitative estimate of drug-likeness (QED) is 0.186. The van der Waals surface area contributed by atoms with E-state index in [9.17, 15) is 0 Å². The molecule has 0 radical (unpaired) electrons. The summed E-state index contributed by atoms with van der Waals surface area (Å²) >= 11 is 0. The van der Waals surface area contributed by atoms with Crippen LogP contribution in [0.5, 0.6) is 0 Å². The number of nitrogens with zero attached hydrogens (tertiary/aromatic N) is 4. The standard InChI is InChI=1S/C48H32N4O/c1-48(2)37-20-9-6-18-35(37)43-38(48)25-26-40-44(43)36-19-7-10-21-39(36)52(40)32-16-12-15-30(27-32)46-49-45(29-13-4-3-5-14-29)50-47(51-46)31-23-24-34-33-17-8-11-22-41(33)53-42(34)28-31/h3-28H,1-2H3. The Kier molecular flexibility index (Phi) is 6.23. The normalized spacial score (nSPS) is 13.2. The van der Waals surface area contributed by atoms with E-state index >= 15 is 0 Å². The maximum atomic E-state index is 6.26. The lowest BCUT2D eigenvalue weighted by Gasteiger charge is -2.21. The van der Waals surface area contributed by atoms with E-state index in [1.54, 1.807) is 0 Å². The molecular weight excluding hydrogens is 649 g/mol. The molecule has 7 aromatic carbocycles. The first-order chi connectivity index (χ1) is 26.0. The Morgan fingerprint density at radius 1 is 0.472 bits per heavy atom. The molecule has 3 heterocycles. The minimum absolute atomic E-state index is 0.0783. The molecule has 0 saturated carbocycles. The summed E-state index contributed by atoms with van der Waals surface area (Å²) in [5, 5.41) is 4.69. The molecule has 0 saturated heterocycles. The molecule has 0 spiro atoms. The molecule has 0 aliphatic heterocycles. The van der Waals surface area contributed by atoms with Gasteiger partial charge in [-0.25, -0.2) is 15.0 Å². The van der Waals surface area contributed by atoms with Crippen LogP contribution in [-0.4, -0.2) is 19.5 Å². The first kappa shape index (κ1) is 29.8. The molecule has 0 unspecified atom stereocenters. The Morgan fingerprint density at radius 2 is 1.13 bits per heavy atom. The van der Waals surface area contributed by atoms with E-state index in [0.29, 0.717) is 17.5 Å². The fourth-order valence-corrected chi connectivity index (χ4v) is 8.53. The summed E-state index contributed by atoms with van der Waals surface area (Å²) in [6.07, 6.45) is 0. The van der Waals surface area contributed by atoms with Gasteiger partial charge in [0.15, 0.2) is 17.5 Å². The van der Waals surface area contributed by atoms with Crippen LogP contribution in [0, 0.1) is 0 Å². The van der Waals surface area contributed by atoms with Crippen molar-refractivity contribution in [2.24, 2.45) is 0 Å². The van der Waals surface area contributed by atoms with Gasteiger partial charge in [0.1, 0.15) is 11.2 Å². The minimum atomic E-state index is -0.0783. The van der Waals surface area contributed by atoms with E-state index in [4.69, 9.17) is 19.4 Å². The molecule has 53 heavy (non-hydrogen) atoms. The Bertz CT molecular complexity index is 3100. The molecule has 5 heteroatoms. The number of para-hydroxylation sites is 2. The van der Waals surface area contributed by atoms with E-state index in [-0.39, 0.29) is 5.41 Å². The number of furan rings is 1. The first-order valence-corrected chi connectivity index (χ1v) is 18.0. The topological polar surface area (TPSA) is 56.7 Å². The molecule has 0 atom stereocenters. The van der Waals surface area contributed by atoms with Crippen LogP contribution >= 0.6 is 0 Å². The van der Waals surface area contributed by atoms with Crippen LogP contribution in [0.4, 0.5) is 0 Å². The second-order valence-electron chi connectivity index (χ2n) is 14.4. The third-order valence-electron chi connectivity index (χ3n) is 11.0. The Morgan fingerprint density at radius 3 is 1.98 bits per heavy atom. The van der Waals surface area contributed by atoms with Crippen molar-refractivity contribution in [3.05, 3.63) is 169 Å². The molecule has 5 nitrogen and oxygen atoms in total. The van der Waals surface area contributed by atoms with Crippen molar-refractivity contribution < 1.29 is 4.42 Å². The molecule has 11 rings (SSSR count). The molecule has 250 valence electrons. The van der Waals surface area contributed by atoms with Crippen LogP contribution in [0.15, 0.2) is 162 Å². The van der Waals surface area contributed by atoms with E-state index in [1.165, 1.54) is 38.5 Å². The average molecular weight is 681 g/mol. The van der Waals surface area contributed by atoms with Gasteiger partial charge in [-0.15, -0.1) is 0 Å². The zero-order chi connectivity index (χ0) is 35.3. The second kappa shape index (κ2) is 11.1. The van der Waals surface area contributed by atoms with E-state index in [1.807, 2.05) is 54.6 Å². The van der Waals surface area contributed by atoms with Crippen LogP contribution in [-0.2, 0) is 5.41 Å². The van der Waals surface area contributed by atoms with Crippen molar-refractivity contribution in [1.29, 1.82) is 0 Å². The second-order valence-corrected chi connectivity index (χ2v) is 14.4. The molecule has 0 amide bonds. The number of hydrogen-bond acceptors (Lipinski definition) is 4. The maximum absolute atomic E-state index is 6.26. The molecule has 0 bridgehead atoms. The summed E-state index contributed by atoms with van der Waals surface area (Å²) in [6.45, 7) is 4.68. The zero-order valence-electron chi connectivity index (χ0n) is 29.2. The number of aromatic nitrogens is 4. The molecule has 1 aliphatic rings. The van der Waals surface area contributed by atoms with Crippen molar-refractivity contribution in [3.8, 4) is 51.0 Å². The monoisotopic (exact) mass is 680 g/mol. The van der Waals surface area contributed by atoms with Crippen molar-refractivity contribution in [2.45, 2.75) is 19.3 Å². The van der Waals surface area contributed by atoms with Crippen LogP contribution in [0.3, 0.4) is 0 Å². The lowest BCUT2D eigenvalue weighted by atomic mass is 9.82. The third kappa shape index (κ3) is 4.40. The highest BCUT2D eigenvalue weighted by Gasteiger charge is 2.37. The average Bonchev–Trinajstić information content (AvgIpc) is 3.83. The minimum Gasteiger partial charge on any atom is -0.456 e. The lowest BCUT2D eigenvalue weighted by molar-refractivity contribution is 0.661. The molecule has 0 N–H and O–H groups in total. The Labute approximate surface area is 305 Å². The van der Waals surface area contributed by atoms with Crippen molar-refractivity contribution in [3.63, 3.8) is 0 Å². The largest absolute Gasteiger partial charge is 0.456 e. The van der Waals surface area contributed by atoms with Gasteiger partial charge in [0.2, 0.25) is 0 Å². The third-order valence-corrected chi connectivity index (χ3v) is 11.0. The first-order valence-electron chi connectivity index (χ1n) is 18.0. The van der Waals surface area contributed by atoms with E-state index in [0.717, 1.165) is 49.8 Å². The van der Waals surface area contributed by atoms with Gasteiger partial charge in [0.05, 0.1) is 11.0 Å². The Hall–Kier alpha value is -6.85. The summed E-state index contributed by atoms with van der Waals surface area (Å²) in [5.41, 5.74) is 13.1. The molecule has 10 aromatic rings. The van der Waals surface area contributed by atoms with Gasteiger partial charge in [-0.05, 0) is 64.7 Å². The smallest absolute Gasteiger partial charge is 0.164 e. The SMILES string of the molecule is CC1(C)c2ccccc2-c2c1ccc1c2c2ccccc2n1-c1cccc(-c2nc(-c3ccccc3)nc(-c3ccc4c(c3)oc3ccccc34)n2)c1. The van der Waals surface area contributed by atoms with Crippen molar-refractivity contribution in [2.75, 3.05) is 0 Å². The van der Waals surface area contributed by atoms with Crippen LogP contribution in [0.2, 0.25) is 0 Å². The summed E-state index contributed by atoms with van der Waals surface area (Å²) in [5.74, 6) is 1.82. The molecule has 3 aromatic heterocycles. The fraction of sp³-hybridized carbons (Fsp3) is 0.0625.